The van der Waals surface area contributed by atoms with Crippen molar-refractivity contribution in [3.8, 4) is 0 Å². The molecule has 7 heteroatoms. The van der Waals surface area contributed by atoms with Crippen LogP contribution in [0.2, 0.25) is 0 Å². The summed E-state index contributed by atoms with van der Waals surface area (Å²) in [6.07, 6.45) is 0.562. The quantitative estimate of drug-likeness (QED) is 0.579. The van der Waals surface area contributed by atoms with Gasteiger partial charge in [0, 0.05) is 12.1 Å². The Morgan fingerprint density at radius 3 is 2.11 bits per heavy atom. The van der Waals surface area contributed by atoms with Crippen LogP contribution in [-0.4, -0.2) is 52.2 Å². The minimum Gasteiger partial charge on any atom is -0.350 e. The average Bonchev–Trinajstić information content (AvgIpc) is 2.44. The first-order valence-corrected chi connectivity index (χ1v) is 6.15. The zero-order chi connectivity index (χ0) is 14.8. The lowest BCUT2D eigenvalue weighted by molar-refractivity contribution is -0.144. The molecule has 0 aromatic carbocycles. The number of hydrogen-bond acceptors (Lipinski definition) is 4. The fraction of sp³-hybridized carbons (Fsp3) is 0.667. The van der Waals surface area contributed by atoms with Gasteiger partial charge in [-0.3, -0.25) is 19.3 Å². The van der Waals surface area contributed by atoms with E-state index in [1.807, 2.05) is 0 Å². The van der Waals surface area contributed by atoms with Crippen LogP contribution in [0.4, 0.5) is 4.79 Å². The molecule has 0 spiro atoms. The number of nitrogens with one attached hydrogen (secondary N) is 1. The first kappa shape index (κ1) is 15.1. The molecule has 1 rings (SSSR count). The molecule has 0 unspecified atom stereocenters. The predicted octanol–water partition coefficient (Wildman–Crippen LogP) is 0.102. The molecular weight excluding hydrogens is 250 g/mol. The van der Waals surface area contributed by atoms with Gasteiger partial charge in [-0.2, -0.15) is 0 Å². The number of rotatable bonds is 4. The van der Waals surface area contributed by atoms with Crippen LogP contribution in [0.3, 0.4) is 0 Å². The van der Waals surface area contributed by atoms with Crippen molar-refractivity contribution < 1.29 is 19.2 Å². The Labute approximate surface area is 111 Å². The highest BCUT2D eigenvalue weighted by Gasteiger charge is 2.44. The van der Waals surface area contributed by atoms with Gasteiger partial charge in [-0.05, 0) is 27.2 Å². The Hall–Kier alpha value is -1.92. The molecule has 1 aliphatic heterocycles. The number of hydrogen-bond donors (Lipinski definition) is 1. The maximum Gasteiger partial charge on any atom is 0.334 e. The van der Waals surface area contributed by atoms with Crippen LogP contribution < -0.4 is 5.32 Å². The summed E-state index contributed by atoms with van der Waals surface area (Å²) in [5.41, 5.74) is -0.462. The van der Waals surface area contributed by atoms with Crippen LogP contribution in [0.15, 0.2) is 0 Å². The largest absolute Gasteiger partial charge is 0.350 e. The zero-order valence-corrected chi connectivity index (χ0v) is 11.6. The van der Waals surface area contributed by atoms with Gasteiger partial charge in [0.05, 0.1) is 0 Å². The molecular formula is C12H19N3O4. The molecule has 1 aliphatic rings. The third kappa shape index (κ3) is 3.52. The van der Waals surface area contributed by atoms with Gasteiger partial charge in [0.15, 0.2) is 0 Å². The summed E-state index contributed by atoms with van der Waals surface area (Å²) in [4.78, 5) is 48.3. The third-order valence-electron chi connectivity index (χ3n) is 2.40. The van der Waals surface area contributed by atoms with Crippen molar-refractivity contribution >= 4 is 23.8 Å². The molecule has 0 aromatic rings. The standard InChI is InChI=1S/C12H19N3O4/c1-5-6-14-9(17)10(18)15(11(14)19)7-8(16)13-12(2,3)4/h5-7H2,1-4H3,(H,13,16). The van der Waals surface area contributed by atoms with Gasteiger partial charge in [-0.15, -0.1) is 0 Å². The Bertz CT molecular complexity index is 425. The maximum atomic E-state index is 11.8. The number of imide groups is 2. The summed E-state index contributed by atoms with van der Waals surface area (Å²) in [5.74, 6) is -2.28. The molecule has 0 aliphatic carbocycles. The minimum atomic E-state index is -0.942. The van der Waals surface area contributed by atoms with Crippen molar-refractivity contribution in [2.45, 2.75) is 39.7 Å². The van der Waals surface area contributed by atoms with Crippen molar-refractivity contribution in [1.29, 1.82) is 0 Å². The molecule has 106 valence electrons. The molecule has 1 fully saturated rings. The highest BCUT2D eigenvalue weighted by molar-refractivity contribution is 6.45. The van der Waals surface area contributed by atoms with E-state index >= 15 is 0 Å². The Balaban J connectivity index is 2.74. The topological polar surface area (TPSA) is 86.8 Å². The predicted molar refractivity (Wildman–Crippen MR) is 67.0 cm³/mol. The number of carbonyl (C=O) groups excluding carboxylic acids is 4. The van der Waals surface area contributed by atoms with E-state index in [0.29, 0.717) is 11.3 Å². The van der Waals surface area contributed by atoms with Crippen molar-refractivity contribution in [2.75, 3.05) is 13.1 Å². The molecule has 0 saturated carbocycles. The smallest absolute Gasteiger partial charge is 0.334 e. The lowest BCUT2D eigenvalue weighted by Crippen LogP contribution is -2.47. The first-order chi connectivity index (χ1) is 8.67. The fourth-order valence-corrected chi connectivity index (χ4v) is 1.71. The van der Waals surface area contributed by atoms with E-state index in [0.717, 1.165) is 4.90 Å². The van der Waals surface area contributed by atoms with E-state index in [-0.39, 0.29) is 6.54 Å². The van der Waals surface area contributed by atoms with Gasteiger partial charge < -0.3 is 5.32 Å². The lowest BCUT2D eigenvalue weighted by Gasteiger charge is -2.22. The van der Waals surface area contributed by atoms with E-state index in [1.54, 1.807) is 27.7 Å². The Kier molecular flexibility index (Phi) is 4.28. The van der Waals surface area contributed by atoms with Gasteiger partial charge >= 0.3 is 17.8 Å². The molecule has 19 heavy (non-hydrogen) atoms. The van der Waals surface area contributed by atoms with Crippen LogP contribution >= 0.6 is 0 Å². The second kappa shape index (κ2) is 5.38. The molecule has 7 nitrogen and oxygen atoms in total. The monoisotopic (exact) mass is 269 g/mol. The molecule has 1 saturated heterocycles. The first-order valence-electron chi connectivity index (χ1n) is 6.15. The summed E-state index contributed by atoms with van der Waals surface area (Å²) >= 11 is 0. The van der Waals surface area contributed by atoms with Crippen LogP contribution in [-0.2, 0) is 14.4 Å². The Morgan fingerprint density at radius 2 is 1.63 bits per heavy atom. The van der Waals surface area contributed by atoms with Crippen molar-refractivity contribution in [1.82, 2.24) is 15.1 Å². The molecule has 5 amide bonds. The van der Waals surface area contributed by atoms with Gasteiger partial charge in [0.2, 0.25) is 5.91 Å². The van der Waals surface area contributed by atoms with Gasteiger partial charge in [0.25, 0.3) is 0 Å². The van der Waals surface area contributed by atoms with Crippen LogP contribution in [0.25, 0.3) is 0 Å². The number of nitrogens with zero attached hydrogens (tertiary/aromatic N) is 2. The number of amides is 5. The van der Waals surface area contributed by atoms with Crippen LogP contribution in [0.1, 0.15) is 34.1 Å². The van der Waals surface area contributed by atoms with Crippen molar-refractivity contribution in [2.24, 2.45) is 0 Å². The second-order valence-electron chi connectivity index (χ2n) is 5.43. The van der Waals surface area contributed by atoms with E-state index in [1.165, 1.54) is 0 Å². The van der Waals surface area contributed by atoms with Gasteiger partial charge in [0.1, 0.15) is 6.54 Å². The summed E-state index contributed by atoms with van der Waals surface area (Å²) < 4.78 is 0. The summed E-state index contributed by atoms with van der Waals surface area (Å²) in [5, 5.41) is 2.63. The molecule has 1 N–H and O–H groups in total. The molecule has 0 bridgehead atoms. The number of carbonyl (C=O) groups is 4. The minimum absolute atomic E-state index is 0.181. The van der Waals surface area contributed by atoms with Crippen molar-refractivity contribution in [3.63, 3.8) is 0 Å². The summed E-state index contributed by atoms with van der Waals surface area (Å²) in [6.45, 7) is 6.90. The van der Waals surface area contributed by atoms with E-state index in [2.05, 4.69) is 5.32 Å². The van der Waals surface area contributed by atoms with E-state index < -0.39 is 35.8 Å². The second-order valence-corrected chi connectivity index (χ2v) is 5.43. The fourth-order valence-electron chi connectivity index (χ4n) is 1.71. The molecule has 0 atom stereocenters. The van der Waals surface area contributed by atoms with E-state index in [4.69, 9.17) is 0 Å². The average molecular weight is 269 g/mol. The zero-order valence-electron chi connectivity index (χ0n) is 11.6. The maximum absolute atomic E-state index is 11.8. The number of urea groups is 1. The SMILES string of the molecule is CCCN1C(=O)C(=O)N(CC(=O)NC(C)(C)C)C1=O. The van der Waals surface area contributed by atoms with Crippen LogP contribution in [0, 0.1) is 0 Å². The summed E-state index contributed by atoms with van der Waals surface area (Å²) in [7, 11) is 0. The van der Waals surface area contributed by atoms with E-state index in [9.17, 15) is 19.2 Å². The van der Waals surface area contributed by atoms with Gasteiger partial charge in [-0.1, -0.05) is 6.92 Å². The Morgan fingerprint density at radius 1 is 1.11 bits per heavy atom. The molecule has 0 radical (unpaired) electrons. The van der Waals surface area contributed by atoms with Crippen molar-refractivity contribution in [3.05, 3.63) is 0 Å². The molecule has 1 heterocycles. The lowest BCUT2D eigenvalue weighted by atomic mass is 10.1. The summed E-state index contributed by atoms with van der Waals surface area (Å²) in [6, 6.07) is -0.721. The highest BCUT2D eigenvalue weighted by Crippen LogP contribution is 2.12. The van der Waals surface area contributed by atoms with Crippen LogP contribution in [0.5, 0.6) is 0 Å². The van der Waals surface area contributed by atoms with Gasteiger partial charge in [-0.25, -0.2) is 9.69 Å². The highest BCUT2D eigenvalue weighted by atomic mass is 16.2. The molecule has 0 aromatic heterocycles. The third-order valence-corrected chi connectivity index (χ3v) is 2.40. The normalized spacial score (nSPS) is 16.3.